The summed E-state index contributed by atoms with van der Waals surface area (Å²) in [7, 11) is 0. The maximum Gasteiger partial charge on any atom is 0.211 e. The third-order valence-corrected chi connectivity index (χ3v) is 2.62. The van der Waals surface area contributed by atoms with Crippen LogP contribution in [0.4, 0.5) is 5.69 Å². The van der Waals surface area contributed by atoms with E-state index in [1.54, 1.807) is 25.1 Å². The van der Waals surface area contributed by atoms with E-state index in [-0.39, 0.29) is 16.6 Å². The van der Waals surface area contributed by atoms with Gasteiger partial charge in [0.2, 0.25) is 5.11 Å². The average molecular weight is 261 g/mol. The minimum atomic E-state index is -0.0932. The number of nitrogens with zero attached hydrogens (tertiary/aromatic N) is 2. The fourth-order valence-corrected chi connectivity index (χ4v) is 1.79. The second-order valence-electron chi connectivity index (χ2n) is 3.80. The molecule has 2 rings (SSSR count). The number of rotatable bonds is 1. The number of azo groups is 1. The van der Waals surface area contributed by atoms with E-state index in [0.29, 0.717) is 22.0 Å². The summed E-state index contributed by atoms with van der Waals surface area (Å²) in [5.41, 5.74) is 6.29. The summed E-state index contributed by atoms with van der Waals surface area (Å²) in [6.07, 6.45) is 0. The molecule has 0 bridgehead atoms. The highest BCUT2D eigenvalue weighted by molar-refractivity contribution is 7.80. The Balaban J connectivity index is 2.81. The second kappa shape index (κ2) is 4.58. The molecule has 5 nitrogen and oxygen atoms in total. The molecule has 0 saturated heterocycles. The predicted molar refractivity (Wildman–Crippen MR) is 73.3 cm³/mol. The minimum absolute atomic E-state index is 0.0136. The van der Waals surface area contributed by atoms with Crippen molar-refractivity contribution in [3.05, 3.63) is 29.8 Å². The van der Waals surface area contributed by atoms with Gasteiger partial charge in [0.1, 0.15) is 11.5 Å². The van der Waals surface area contributed by atoms with E-state index in [1.165, 1.54) is 6.07 Å². The van der Waals surface area contributed by atoms with E-state index < -0.39 is 0 Å². The summed E-state index contributed by atoms with van der Waals surface area (Å²) in [5, 5.41) is 28.1. The van der Waals surface area contributed by atoms with Gasteiger partial charge in [0.05, 0.1) is 11.1 Å². The van der Waals surface area contributed by atoms with E-state index in [9.17, 15) is 10.2 Å². The van der Waals surface area contributed by atoms with Crippen LogP contribution in [0.25, 0.3) is 10.8 Å². The van der Waals surface area contributed by atoms with Crippen LogP contribution in [0.1, 0.15) is 5.56 Å². The highest BCUT2D eigenvalue weighted by atomic mass is 32.1. The molecule has 0 radical (unpaired) electrons. The topological polar surface area (TPSA) is 91.2 Å². The molecule has 2 aromatic rings. The Morgan fingerprint density at radius 3 is 2.72 bits per heavy atom. The number of phenols is 2. The Bertz CT molecular complexity index is 668. The van der Waals surface area contributed by atoms with Crippen LogP contribution in [-0.2, 0) is 0 Å². The zero-order chi connectivity index (χ0) is 13.3. The largest absolute Gasteiger partial charge is 0.507 e. The Labute approximate surface area is 109 Å². The Kier molecular flexibility index (Phi) is 3.12. The minimum Gasteiger partial charge on any atom is -0.507 e. The molecule has 0 heterocycles. The van der Waals surface area contributed by atoms with Crippen molar-refractivity contribution in [3.63, 3.8) is 0 Å². The van der Waals surface area contributed by atoms with Gasteiger partial charge in [-0.25, -0.2) is 0 Å². The van der Waals surface area contributed by atoms with Crippen molar-refractivity contribution in [2.24, 2.45) is 16.0 Å². The van der Waals surface area contributed by atoms with Crippen molar-refractivity contribution in [2.45, 2.75) is 6.92 Å². The summed E-state index contributed by atoms with van der Waals surface area (Å²) in [4.78, 5) is 0. The molecule has 92 valence electrons. The molecule has 0 aliphatic carbocycles. The number of aromatic hydroxyl groups is 2. The number of thiocarbonyl (C=S) groups is 1. The third kappa shape index (κ3) is 2.10. The summed E-state index contributed by atoms with van der Waals surface area (Å²) in [6, 6.07) is 6.46. The van der Waals surface area contributed by atoms with E-state index >= 15 is 0 Å². The fraction of sp³-hybridized carbons (Fsp3) is 0.0833. The fourth-order valence-electron chi connectivity index (χ4n) is 1.75. The van der Waals surface area contributed by atoms with Crippen molar-refractivity contribution < 1.29 is 10.2 Å². The normalized spacial score (nSPS) is 11.2. The smallest absolute Gasteiger partial charge is 0.211 e. The van der Waals surface area contributed by atoms with Crippen LogP contribution >= 0.6 is 12.2 Å². The number of hydrogen-bond donors (Lipinski definition) is 3. The maximum absolute atomic E-state index is 9.95. The van der Waals surface area contributed by atoms with Gasteiger partial charge in [-0.2, -0.15) is 0 Å². The van der Waals surface area contributed by atoms with E-state index in [0.717, 1.165) is 0 Å². The lowest BCUT2D eigenvalue weighted by molar-refractivity contribution is 0.473. The van der Waals surface area contributed by atoms with Gasteiger partial charge < -0.3 is 15.9 Å². The van der Waals surface area contributed by atoms with Crippen molar-refractivity contribution in [2.75, 3.05) is 0 Å². The summed E-state index contributed by atoms with van der Waals surface area (Å²) in [6.45, 7) is 1.73. The molecule has 0 saturated carbocycles. The molecule has 2 aromatic carbocycles. The van der Waals surface area contributed by atoms with E-state index in [2.05, 4.69) is 22.4 Å². The predicted octanol–water partition coefficient (Wildman–Crippen LogP) is 2.89. The molecule has 0 aliphatic rings. The average Bonchev–Trinajstić information content (AvgIpc) is 2.32. The molecule has 6 heteroatoms. The van der Waals surface area contributed by atoms with Crippen LogP contribution in [0.2, 0.25) is 0 Å². The van der Waals surface area contributed by atoms with Crippen LogP contribution in [-0.4, -0.2) is 15.3 Å². The molecule has 0 unspecified atom stereocenters. The Morgan fingerprint density at radius 2 is 2.06 bits per heavy atom. The molecular weight excluding hydrogens is 250 g/mol. The van der Waals surface area contributed by atoms with Crippen LogP contribution < -0.4 is 5.73 Å². The molecule has 0 atom stereocenters. The summed E-state index contributed by atoms with van der Waals surface area (Å²) < 4.78 is 0. The Morgan fingerprint density at radius 1 is 1.33 bits per heavy atom. The number of aryl methyl sites for hydroxylation is 1. The maximum atomic E-state index is 9.95. The van der Waals surface area contributed by atoms with Gasteiger partial charge in [-0.3, -0.25) is 0 Å². The van der Waals surface area contributed by atoms with Crippen molar-refractivity contribution in [3.8, 4) is 11.5 Å². The first-order valence-electron chi connectivity index (χ1n) is 5.16. The van der Waals surface area contributed by atoms with Crippen LogP contribution in [0.5, 0.6) is 11.5 Å². The van der Waals surface area contributed by atoms with Crippen LogP contribution in [0.3, 0.4) is 0 Å². The van der Waals surface area contributed by atoms with E-state index in [1.807, 2.05) is 0 Å². The highest BCUT2D eigenvalue weighted by Crippen LogP contribution is 2.40. The lowest BCUT2D eigenvalue weighted by atomic mass is 10.0. The van der Waals surface area contributed by atoms with Crippen LogP contribution in [0, 0.1) is 6.92 Å². The number of hydrogen-bond acceptors (Lipinski definition) is 4. The number of nitrogens with two attached hydrogens (primary N) is 1. The number of phenolic OH excluding ortho intramolecular Hbond substituents is 2. The van der Waals surface area contributed by atoms with Gasteiger partial charge in [-0.1, -0.05) is 12.1 Å². The molecule has 4 N–H and O–H groups in total. The van der Waals surface area contributed by atoms with Gasteiger partial charge in [0.25, 0.3) is 0 Å². The molecular formula is C12H11N3O2S. The first-order chi connectivity index (χ1) is 8.50. The van der Waals surface area contributed by atoms with E-state index in [4.69, 9.17) is 5.73 Å². The van der Waals surface area contributed by atoms with Crippen molar-refractivity contribution in [1.82, 2.24) is 0 Å². The summed E-state index contributed by atoms with van der Waals surface area (Å²) >= 11 is 4.61. The van der Waals surface area contributed by atoms with Gasteiger partial charge in [-0.05, 0) is 36.8 Å². The first-order valence-corrected chi connectivity index (χ1v) is 5.57. The van der Waals surface area contributed by atoms with Crippen molar-refractivity contribution in [1.29, 1.82) is 0 Å². The van der Waals surface area contributed by atoms with Crippen LogP contribution in [0.15, 0.2) is 34.5 Å². The lowest BCUT2D eigenvalue weighted by Crippen LogP contribution is -2.01. The zero-order valence-corrected chi connectivity index (χ0v) is 10.4. The van der Waals surface area contributed by atoms with Gasteiger partial charge in [-0.15, -0.1) is 10.2 Å². The quantitative estimate of drug-likeness (QED) is 0.543. The zero-order valence-electron chi connectivity index (χ0n) is 9.58. The number of benzene rings is 2. The van der Waals surface area contributed by atoms with Crippen molar-refractivity contribution >= 4 is 33.8 Å². The van der Waals surface area contributed by atoms with Gasteiger partial charge in [0, 0.05) is 5.39 Å². The Hall–Kier alpha value is -2.21. The number of fused-ring (bicyclic) bond motifs is 1. The monoisotopic (exact) mass is 261 g/mol. The molecule has 0 spiro atoms. The van der Waals surface area contributed by atoms with Gasteiger partial charge >= 0.3 is 0 Å². The standard InChI is InChI=1S/C12H11N3O2S/c1-6-5-8(14-15-12(13)18)10-7(11(6)17)3-2-4-9(10)16/h2-5,16-17H,1H3,(H2,13,18). The third-order valence-electron chi connectivity index (χ3n) is 2.54. The molecule has 0 amide bonds. The second-order valence-corrected chi connectivity index (χ2v) is 4.22. The highest BCUT2D eigenvalue weighted by Gasteiger charge is 2.11. The van der Waals surface area contributed by atoms with Gasteiger partial charge in [0.15, 0.2) is 0 Å². The molecule has 0 fully saturated rings. The molecule has 18 heavy (non-hydrogen) atoms. The first kappa shape index (κ1) is 12.3. The molecule has 0 aliphatic heterocycles. The molecule has 0 aromatic heterocycles. The summed E-state index contributed by atoms with van der Waals surface area (Å²) in [5.74, 6) is 0.120. The SMILES string of the molecule is Cc1cc(N=NC(N)=S)c2c(O)cccc2c1O. The lowest BCUT2D eigenvalue weighted by Gasteiger charge is -2.08.